The van der Waals surface area contributed by atoms with Crippen molar-refractivity contribution in [2.24, 2.45) is 0 Å². The number of fused-ring (bicyclic) bond motifs is 1. The zero-order valence-electron chi connectivity index (χ0n) is 12.4. The molecular formula is C16H10Cl2F3N3O. The van der Waals surface area contributed by atoms with E-state index in [1.165, 1.54) is 6.07 Å². The van der Waals surface area contributed by atoms with Crippen LogP contribution in [0.4, 0.5) is 18.9 Å². The van der Waals surface area contributed by atoms with E-state index in [2.05, 4.69) is 15.5 Å². The summed E-state index contributed by atoms with van der Waals surface area (Å²) < 4.78 is 38.4. The molecule has 0 saturated heterocycles. The molecule has 0 aliphatic heterocycles. The quantitative estimate of drug-likeness (QED) is 0.674. The maximum absolute atomic E-state index is 12.8. The second kappa shape index (κ2) is 6.57. The number of halogens is 5. The van der Waals surface area contributed by atoms with E-state index >= 15 is 0 Å². The number of aromatic nitrogens is 2. The highest BCUT2D eigenvalue weighted by Crippen LogP contribution is 2.32. The second-order valence-electron chi connectivity index (χ2n) is 5.26. The van der Waals surface area contributed by atoms with Crippen molar-refractivity contribution in [1.29, 1.82) is 0 Å². The van der Waals surface area contributed by atoms with Crippen molar-refractivity contribution in [1.82, 2.24) is 10.2 Å². The Bertz CT molecular complexity index is 1000. The summed E-state index contributed by atoms with van der Waals surface area (Å²) in [4.78, 5) is 11.7. The predicted octanol–water partition coefficient (Wildman–Crippen LogP) is 4.86. The lowest BCUT2D eigenvalue weighted by molar-refractivity contribution is -0.137. The number of anilines is 1. The molecule has 4 nitrogen and oxygen atoms in total. The topological polar surface area (TPSA) is 57.8 Å². The summed E-state index contributed by atoms with van der Waals surface area (Å²) in [5, 5.41) is 10.0. The SMILES string of the molecule is O=c1[nH]nc(Cl)c2cc(NCc3cc(C(F)(F)F)ccc3Cl)ccc12. The summed E-state index contributed by atoms with van der Waals surface area (Å²) in [6.07, 6.45) is -4.44. The molecule has 2 aromatic carbocycles. The minimum Gasteiger partial charge on any atom is -0.381 e. The van der Waals surface area contributed by atoms with Crippen molar-refractivity contribution in [3.8, 4) is 0 Å². The number of benzene rings is 2. The van der Waals surface area contributed by atoms with Crippen LogP contribution in [0.2, 0.25) is 10.2 Å². The van der Waals surface area contributed by atoms with Gasteiger partial charge in [-0.3, -0.25) is 4.79 Å². The van der Waals surface area contributed by atoms with Gasteiger partial charge < -0.3 is 5.32 Å². The Morgan fingerprint density at radius 3 is 2.56 bits per heavy atom. The Morgan fingerprint density at radius 2 is 1.84 bits per heavy atom. The van der Waals surface area contributed by atoms with Crippen LogP contribution in [-0.2, 0) is 12.7 Å². The summed E-state index contributed by atoms with van der Waals surface area (Å²) in [7, 11) is 0. The smallest absolute Gasteiger partial charge is 0.381 e. The fourth-order valence-corrected chi connectivity index (χ4v) is 2.71. The Kier molecular flexibility index (Phi) is 4.62. The molecule has 25 heavy (non-hydrogen) atoms. The lowest BCUT2D eigenvalue weighted by atomic mass is 10.1. The molecule has 1 heterocycles. The van der Waals surface area contributed by atoms with Crippen molar-refractivity contribution < 1.29 is 13.2 Å². The van der Waals surface area contributed by atoms with Crippen LogP contribution in [0.25, 0.3) is 10.8 Å². The number of nitrogens with zero attached hydrogens (tertiary/aromatic N) is 1. The first-order chi connectivity index (χ1) is 11.8. The molecule has 2 N–H and O–H groups in total. The van der Waals surface area contributed by atoms with Gasteiger partial charge in [-0.2, -0.15) is 18.3 Å². The Labute approximate surface area is 149 Å². The summed E-state index contributed by atoms with van der Waals surface area (Å²) in [5.41, 5.74) is -0.292. The van der Waals surface area contributed by atoms with E-state index in [9.17, 15) is 18.0 Å². The number of hydrogen-bond acceptors (Lipinski definition) is 3. The number of H-pyrrole nitrogens is 1. The number of hydrogen-bond donors (Lipinski definition) is 2. The fraction of sp³-hybridized carbons (Fsp3) is 0.125. The lowest BCUT2D eigenvalue weighted by Crippen LogP contribution is -2.09. The largest absolute Gasteiger partial charge is 0.416 e. The van der Waals surface area contributed by atoms with E-state index in [4.69, 9.17) is 23.2 Å². The Balaban J connectivity index is 1.88. The van der Waals surface area contributed by atoms with Gasteiger partial charge in [0.2, 0.25) is 0 Å². The fourth-order valence-electron chi connectivity index (χ4n) is 2.33. The monoisotopic (exact) mass is 387 g/mol. The van der Waals surface area contributed by atoms with Gasteiger partial charge >= 0.3 is 6.18 Å². The standard InChI is InChI=1S/C16H10Cl2F3N3O/c17-13-4-1-9(16(19,20)21)5-8(13)7-22-10-2-3-11-12(6-10)14(18)23-24-15(11)25/h1-6,22H,7H2,(H,24,25). The van der Waals surface area contributed by atoms with Gasteiger partial charge in [-0.1, -0.05) is 23.2 Å². The molecule has 9 heteroatoms. The first-order valence-electron chi connectivity index (χ1n) is 7.03. The molecule has 0 amide bonds. The molecule has 3 aromatic rings. The summed E-state index contributed by atoms with van der Waals surface area (Å²) in [6, 6.07) is 7.91. The third-order valence-electron chi connectivity index (χ3n) is 3.60. The molecule has 3 rings (SSSR count). The Hall–Kier alpha value is -2.25. The van der Waals surface area contributed by atoms with Crippen molar-refractivity contribution >= 4 is 39.7 Å². The number of nitrogens with one attached hydrogen (secondary N) is 2. The molecule has 1 aromatic heterocycles. The van der Waals surface area contributed by atoms with Gasteiger partial charge in [-0.15, -0.1) is 0 Å². The Morgan fingerprint density at radius 1 is 1.08 bits per heavy atom. The van der Waals surface area contributed by atoms with Crippen LogP contribution in [0.15, 0.2) is 41.2 Å². The second-order valence-corrected chi connectivity index (χ2v) is 6.03. The van der Waals surface area contributed by atoms with E-state index in [1.54, 1.807) is 18.2 Å². The minimum absolute atomic E-state index is 0.0719. The molecule has 0 bridgehead atoms. The molecule has 0 aliphatic carbocycles. The van der Waals surface area contributed by atoms with E-state index in [-0.39, 0.29) is 22.3 Å². The molecule has 130 valence electrons. The zero-order chi connectivity index (χ0) is 18.2. The van der Waals surface area contributed by atoms with Crippen LogP contribution in [0, 0.1) is 0 Å². The predicted molar refractivity (Wildman–Crippen MR) is 91.2 cm³/mol. The van der Waals surface area contributed by atoms with Crippen LogP contribution in [0.5, 0.6) is 0 Å². The molecule has 0 saturated carbocycles. The highest BCUT2D eigenvalue weighted by atomic mass is 35.5. The van der Waals surface area contributed by atoms with Crippen LogP contribution in [-0.4, -0.2) is 10.2 Å². The summed E-state index contributed by atoms with van der Waals surface area (Å²) >= 11 is 11.9. The van der Waals surface area contributed by atoms with Gasteiger partial charge in [-0.25, -0.2) is 5.10 Å². The average molecular weight is 388 g/mol. The molecule has 0 unspecified atom stereocenters. The maximum Gasteiger partial charge on any atom is 0.416 e. The van der Waals surface area contributed by atoms with Gasteiger partial charge in [0, 0.05) is 22.6 Å². The van der Waals surface area contributed by atoms with Crippen LogP contribution in [0.3, 0.4) is 0 Å². The van der Waals surface area contributed by atoms with Gasteiger partial charge in [0.1, 0.15) is 0 Å². The first-order valence-corrected chi connectivity index (χ1v) is 7.79. The third-order valence-corrected chi connectivity index (χ3v) is 4.25. The highest BCUT2D eigenvalue weighted by molar-refractivity contribution is 6.34. The molecule has 0 fully saturated rings. The van der Waals surface area contributed by atoms with Crippen LogP contribution < -0.4 is 10.9 Å². The van der Waals surface area contributed by atoms with Gasteiger partial charge in [0.25, 0.3) is 5.56 Å². The minimum atomic E-state index is -4.44. The van der Waals surface area contributed by atoms with Gasteiger partial charge in [0.05, 0.1) is 10.9 Å². The maximum atomic E-state index is 12.8. The summed E-state index contributed by atoms with van der Waals surface area (Å²) in [5.74, 6) is 0. The van der Waals surface area contributed by atoms with E-state index in [0.29, 0.717) is 22.0 Å². The lowest BCUT2D eigenvalue weighted by Gasteiger charge is -2.12. The number of aromatic amines is 1. The van der Waals surface area contributed by atoms with Crippen molar-refractivity contribution in [2.45, 2.75) is 12.7 Å². The number of rotatable bonds is 3. The number of alkyl halides is 3. The van der Waals surface area contributed by atoms with Crippen molar-refractivity contribution in [3.05, 3.63) is 68.1 Å². The average Bonchev–Trinajstić information content (AvgIpc) is 2.56. The highest BCUT2D eigenvalue weighted by Gasteiger charge is 2.30. The van der Waals surface area contributed by atoms with Crippen molar-refractivity contribution in [3.63, 3.8) is 0 Å². The van der Waals surface area contributed by atoms with Gasteiger partial charge in [-0.05, 0) is 42.0 Å². The van der Waals surface area contributed by atoms with E-state index < -0.39 is 11.7 Å². The van der Waals surface area contributed by atoms with Crippen LogP contribution >= 0.6 is 23.2 Å². The molecule has 0 atom stereocenters. The zero-order valence-corrected chi connectivity index (χ0v) is 13.9. The van der Waals surface area contributed by atoms with Crippen molar-refractivity contribution in [2.75, 3.05) is 5.32 Å². The van der Waals surface area contributed by atoms with E-state index in [0.717, 1.165) is 12.1 Å². The molecule has 0 aliphatic rings. The van der Waals surface area contributed by atoms with E-state index in [1.807, 2.05) is 0 Å². The summed E-state index contributed by atoms with van der Waals surface area (Å²) in [6.45, 7) is 0.0719. The molecule has 0 spiro atoms. The first kappa shape index (κ1) is 17.6. The molecule has 0 radical (unpaired) electrons. The van der Waals surface area contributed by atoms with Crippen LogP contribution in [0.1, 0.15) is 11.1 Å². The molecular weight excluding hydrogens is 378 g/mol. The normalized spacial score (nSPS) is 11.7. The third kappa shape index (κ3) is 3.72. The van der Waals surface area contributed by atoms with Gasteiger partial charge in [0.15, 0.2) is 5.15 Å².